The van der Waals surface area contributed by atoms with Gasteiger partial charge < -0.3 is 16.0 Å². The van der Waals surface area contributed by atoms with Crippen LogP contribution in [0.3, 0.4) is 0 Å². The highest BCUT2D eigenvalue weighted by atomic mass is 16.1. The molecule has 0 bridgehead atoms. The number of hydrogen-bond donors (Lipinski definition) is 2. The SMILES string of the molecule is CCCN(C)c1ccc(C(=O)NCCC(C)N)cc1. The summed E-state index contributed by atoms with van der Waals surface area (Å²) in [5, 5.41) is 2.87. The number of nitrogens with two attached hydrogens (primary N) is 1. The van der Waals surface area contributed by atoms with Crippen molar-refractivity contribution in [1.82, 2.24) is 5.32 Å². The van der Waals surface area contributed by atoms with E-state index in [2.05, 4.69) is 24.2 Å². The summed E-state index contributed by atoms with van der Waals surface area (Å²) < 4.78 is 0. The maximum Gasteiger partial charge on any atom is 0.251 e. The molecule has 19 heavy (non-hydrogen) atoms. The van der Waals surface area contributed by atoms with Crippen molar-refractivity contribution in [1.29, 1.82) is 0 Å². The average molecular weight is 263 g/mol. The largest absolute Gasteiger partial charge is 0.375 e. The second kappa shape index (κ2) is 7.79. The summed E-state index contributed by atoms with van der Waals surface area (Å²) >= 11 is 0. The third-order valence-corrected chi connectivity index (χ3v) is 3.01. The van der Waals surface area contributed by atoms with Crippen molar-refractivity contribution in [3.63, 3.8) is 0 Å². The number of carbonyl (C=O) groups excluding carboxylic acids is 1. The van der Waals surface area contributed by atoms with Crippen molar-refractivity contribution < 1.29 is 4.79 Å². The number of nitrogens with zero attached hydrogens (tertiary/aromatic N) is 1. The molecule has 0 aliphatic carbocycles. The number of rotatable bonds is 7. The van der Waals surface area contributed by atoms with Crippen molar-refractivity contribution in [2.45, 2.75) is 32.7 Å². The molecule has 0 spiro atoms. The van der Waals surface area contributed by atoms with Crippen LogP contribution in [0, 0.1) is 0 Å². The van der Waals surface area contributed by atoms with Gasteiger partial charge in [0, 0.05) is 37.4 Å². The highest BCUT2D eigenvalue weighted by Gasteiger charge is 2.06. The van der Waals surface area contributed by atoms with Crippen LogP contribution in [0.5, 0.6) is 0 Å². The fourth-order valence-corrected chi connectivity index (χ4v) is 1.85. The minimum Gasteiger partial charge on any atom is -0.375 e. The molecule has 3 N–H and O–H groups in total. The van der Waals surface area contributed by atoms with Crippen molar-refractivity contribution in [3.05, 3.63) is 29.8 Å². The Morgan fingerprint density at radius 1 is 1.37 bits per heavy atom. The van der Waals surface area contributed by atoms with Crippen LogP contribution in [-0.4, -0.2) is 32.1 Å². The Morgan fingerprint density at radius 2 is 2.00 bits per heavy atom. The van der Waals surface area contributed by atoms with Crippen LogP contribution in [0.15, 0.2) is 24.3 Å². The molecular weight excluding hydrogens is 238 g/mol. The Kier molecular flexibility index (Phi) is 6.36. The fraction of sp³-hybridized carbons (Fsp3) is 0.533. The number of benzene rings is 1. The van der Waals surface area contributed by atoms with Crippen LogP contribution in [0.4, 0.5) is 5.69 Å². The number of carbonyl (C=O) groups is 1. The van der Waals surface area contributed by atoms with Crippen LogP contribution in [-0.2, 0) is 0 Å². The average Bonchev–Trinajstić information content (AvgIpc) is 2.38. The second-order valence-corrected chi connectivity index (χ2v) is 4.99. The first kappa shape index (κ1) is 15.5. The number of amides is 1. The number of anilines is 1. The van der Waals surface area contributed by atoms with Gasteiger partial charge in [0.1, 0.15) is 0 Å². The lowest BCUT2D eigenvalue weighted by molar-refractivity contribution is 0.0953. The van der Waals surface area contributed by atoms with Crippen molar-refractivity contribution in [3.8, 4) is 0 Å². The molecule has 1 unspecified atom stereocenters. The molecule has 0 heterocycles. The summed E-state index contributed by atoms with van der Waals surface area (Å²) in [5.74, 6) is -0.0367. The molecule has 0 radical (unpaired) electrons. The monoisotopic (exact) mass is 263 g/mol. The molecule has 4 heteroatoms. The van der Waals surface area contributed by atoms with E-state index >= 15 is 0 Å². The zero-order valence-electron chi connectivity index (χ0n) is 12.1. The topological polar surface area (TPSA) is 58.4 Å². The van der Waals surface area contributed by atoms with E-state index in [4.69, 9.17) is 5.73 Å². The molecule has 0 aromatic heterocycles. The molecule has 0 aliphatic rings. The van der Waals surface area contributed by atoms with E-state index in [-0.39, 0.29) is 11.9 Å². The lowest BCUT2D eigenvalue weighted by Crippen LogP contribution is -2.29. The normalized spacial score (nSPS) is 12.0. The van der Waals surface area contributed by atoms with E-state index in [1.807, 2.05) is 31.2 Å². The molecule has 0 aliphatic heterocycles. The van der Waals surface area contributed by atoms with E-state index in [1.165, 1.54) is 0 Å². The van der Waals surface area contributed by atoms with Crippen molar-refractivity contribution in [2.24, 2.45) is 5.73 Å². The number of nitrogens with one attached hydrogen (secondary N) is 1. The Hall–Kier alpha value is -1.55. The van der Waals surface area contributed by atoms with E-state index in [0.717, 1.165) is 25.1 Å². The maximum atomic E-state index is 11.9. The zero-order valence-corrected chi connectivity index (χ0v) is 12.1. The van der Waals surface area contributed by atoms with E-state index in [0.29, 0.717) is 12.1 Å². The molecule has 0 fully saturated rings. The maximum absolute atomic E-state index is 11.9. The summed E-state index contributed by atoms with van der Waals surface area (Å²) in [6, 6.07) is 7.81. The van der Waals surface area contributed by atoms with Crippen LogP contribution in [0.25, 0.3) is 0 Å². The van der Waals surface area contributed by atoms with Gasteiger partial charge in [-0.3, -0.25) is 4.79 Å². The van der Waals surface area contributed by atoms with Crippen LogP contribution in [0.2, 0.25) is 0 Å². The third-order valence-electron chi connectivity index (χ3n) is 3.01. The second-order valence-electron chi connectivity index (χ2n) is 4.99. The first-order valence-electron chi connectivity index (χ1n) is 6.89. The minimum atomic E-state index is -0.0367. The first-order chi connectivity index (χ1) is 9.04. The third kappa shape index (κ3) is 5.30. The molecule has 0 saturated carbocycles. The molecule has 1 aromatic carbocycles. The predicted molar refractivity (Wildman–Crippen MR) is 80.6 cm³/mol. The summed E-state index contributed by atoms with van der Waals surface area (Å²) in [7, 11) is 2.06. The molecular formula is C15H25N3O. The van der Waals surface area contributed by atoms with Gasteiger partial charge in [0.05, 0.1) is 0 Å². The molecule has 1 aromatic rings. The fourth-order valence-electron chi connectivity index (χ4n) is 1.85. The van der Waals surface area contributed by atoms with Gasteiger partial charge in [-0.05, 0) is 44.0 Å². The predicted octanol–water partition coefficient (Wildman–Crippen LogP) is 2.00. The molecule has 1 atom stereocenters. The minimum absolute atomic E-state index is 0.0367. The first-order valence-corrected chi connectivity index (χ1v) is 6.89. The molecule has 4 nitrogen and oxygen atoms in total. The number of hydrogen-bond acceptors (Lipinski definition) is 3. The molecule has 1 rings (SSSR count). The lowest BCUT2D eigenvalue weighted by atomic mass is 10.1. The quantitative estimate of drug-likeness (QED) is 0.791. The summed E-state index contributed by atoms with van der Waals surface area (Å²) in [6.07, 6.45) is 1.90. The summed E-state index contributed by atoms with van der Waals surface area (Å²) in [6.45, 7) is 5.72. The van der Waals surface area contributed by atoms with Gasteiger partial charge in [-0.15, -0.1) is 0 Å². The highest BCUT2D eigenvalue weighted by Crippen LogP contribution is 2.14. The van der Waals surface area contributed by atoms with E-state index in [1.54, 1.807) is 0 Å². The van der Waals surface area contributed by atoms with Gasteiger partial charge in [-0.1, -0.05) is 6.92 Å². The van der Waals surface area contributed by atoms with Gasteiger partial charge in [0.2, 0.25) is 0 Å². The van der Waals surface area contributed by atoms with Gasteiger partial charge in [-0.2, -0.15) is 0 Å². The molecule has 106 valence electrons. The smallest absolute Gasteiger partial charge is 0.251 e. The Bertz CT molecular complexity index is 387. The summed E-state index contributed by atoms with van der Waals surface area (Å²) in [4.78, 5) is 14.0. The van der Waals surface area contributed by atoms with E-state index < -0.39 is 0 Å². The Morgan fingerprint density at radius 3 is 2.53 bits per heavy atom. The van der Waals surface area contributed by atoms with Crippen LogP contribution >= 0.6 is 0 Å². The standard InChI is InChI=1S/C15H25N3O/c1-4-11-18(3)14-7-5-13(6-8-14)15(19)17-10-9-12(2)16/h5-8,12H,4,9-11,16H2,1-3H3,(H,17,19). The van der Waals surface area contributed by atoms with Gasteiger partial charge >= 0.3 is 0 Å². The van der Waals surface area contributed by atoms with E-state index in [9.17, 15) is 4.79 Å². The van der Waals surface area contributed by atoms with Gasteiger partial charge in [-0.25, -0.2) is 0 Å². The van der Waals surface area contributed by atoms with Gasteiger partial charge in [0.25, 0.3) is 5.91 Å². The zero-order chi connectivity index (χ0) is 14.3. The van der Waals surface area contributed by atoms with Gasteiger partial charge in [0.15, 0.2) is 0 Å². The van der Waals surface area contributed by atoms with Crippen molar-refractivity contribution >= 4 is 11.6 Å². The highest BCUT2D eigenvalue weighted by molar-refractivity contribution is 5.94. The molecule has 1 amide bonds. The van der Waals surface area contributed by atoms with Crippen molar-refractivity contribution in [2.75, 3.05) is 25.0 Å². The van der Waals surface area contributed by atoms with Crippen LogP contribution in [0.1, 0.15) is 37.0 Å². The molecule has 0 saturated heterocycles. The Labute approximate surface area is 116 Å². The lowest BCUT2D eigenvalue weighted by Gasteiger charge is -2.18. The van der Waals surface area contributed by atoms with Crippen LogP contribution < -0.4 is 16.0 Å². The Balaban J connectivity index is 2.53. The summed E-state index contributed by atoms with van der Waals surface area (Å²) in [5.41, 5.74) is 7.47.